The van der Waals surface area contributed by atoms with E-state index in [9.17, 15) is 4.79 Å². The van der Waals surface area contributed by atoms with Crippen LogP contribution in [0.15, 0.2) is 12.3 Å². The van der Waals surface area contributed by atoms with Crippen LogP contribution in [-0.4, -0.2) is 40.2 Å². The first-order chi connectivity index (χ1) is 7.20. The summed E-state index contributed by atoms with van der Waals surface area (Å²) >= 11 is 0. The molecule has 0 unspecified atom stereocenters. The standard InChI is InChI=1S/C10H18N4O/c1-3-14(8-4-6-11)10(15)9-5-7-12-13(9)2/h5,7H,3-4,6,8,11H2,1-2H3. The molecule has 0 spiro atoms. The van der Waals surface area contributed by atoms with Crippen LogP contribution in [0.4, 0.5) is 0 Å². The maximum Gasteiger partial charge on any atom is 0.272 e. The van der Waals surface area contributed by atoms with Crippen molar-refractivity contribution in [2.75, 3.05) is 19.6 Å². The van der Waals surface area contributed by atoms with Gasteiger partial charge in [0.15, 0.2) is 0 Å². The van der Waals surface area contributed by atoms with Gasteiger partial charge in [0, 0.05) is 26.3 Å². The van der Waals surface area contributed by atoms with Gasteiger partial charge in [0.2, 0.25) is 0 Å². The molecule has 0 atom stereocenters. The lowest BCUT2D eigenvalue weighted by molar-refractivity contribution is 0.0752. The molecule has 0 saturated heterocycles. The van der Waals surface area contributed by atoms with E-state index in [0.717, 1.165) is 6.42 Å². The summed E-state index contributed by atoms with van der Waals surface area (Å²) in [6.07, 6.45) is 2.46. The fraction of sp³-hybridized carbons (Fsp3) is 0.600. The molecule has 0 saturated carbocycles. The Balaban J connectivity index is 2.69. The first-order valence-electron chi connectivity index (χ1n) is 5.18. The Morgan fingerprint density at radius 1 is 1.67 bits per heavy atom. The van der Waals surface area contributed by atoms with Gasteiger partial charge in [0.05, 0.1) is 0 Å². The second-order valence-electron chi connectivity index (χ2n) is 3.37. The van der Waals surface area contributed by atoms with Crippen molar-refractivity contribution < 1.29 is 4.79 Å². The molecular weight excluding hydrogens is 192 g/mol. The summed E-state index contributed by atoms with van der Waals surface area (Å²) in [5.74, 6) is 0.0194. The molecule has 1 rings (SSSR count). The van der Waals surface area contributed by atoms with Gasteiger partial charge >= 0.3 is 0 Å². The van der Waals surface area contributed by atoms with E-state index in [-0.39, 0.29) is 5.91 Å². The SMILES string of the molecule is CCN(CCCN)C(=O)c1ccnn1C. The number of carbonyl (C=O) groups excluding carboxylic acids is 1. The van der Waals surface area contributed by atoms with Gasteiger partial charge in [-0.3, -0.25) is 9.48 Å². The van der Waals surface area contributed by atoms with E-state index < -0.39 is 0 Å². The van der Waals surface area contributed by atoms with Gasteiger partial charge in [-0.2, -0.15) is 5.10 Å². The van der Waals surface area contributed by atoms with Crippen LogP contribution >= 0.6 is 0 Å². The maximum absolute atomic E-state index is 12.0. The molecule has 2 N–H and O–H groups in total. The Bertz CT molecular complexity index is 321. The molecule has 0 aromatic carbocycles. The number of nitrogens with two attached hydrogens (primary N) is 1. The van der Waals surface area contributed by atoms with Crippen LogP contribution in [0, 0.1) is 0 Å². The Morgan fingerprint density at radius 3 is 2.87 bits per heavy atom. The molecule has 0 aliphatic heterocycles. The van der Waals surface area contributed by atoms with Crippen molar-refractivity contribution in [2.45, 2.75) is 13.3 Å². The second-order valence-corrected chi connectivity index (χ2v) is 3.37. The first-order valence-corrected chi connectivity index (χ1v) is 5.18. The fourth-order valence-electron chi connectivity index (χ4n) is 1.43. The first kappa shape index (κ1) is 11.7. The van der Waals surface area contributed by atoms with Gasteiger partial charge in [-0.15, -0.1) is 0 Å². The third-order valence-electron chi connectivity index (χ3n) is 2.34. The summed E-state index contributed by atoms with van der Waals surface area (Å²) < 4.78 is 1.59. The zero-order valence-electron chi connectivity index (χ0n) is 9.31. The lowest BCUT2D eigenvalue weighted by Gasteiger charge is -2.20. The van der Waals surface area contributed by atoms with Crippen molar-refractivity contribution in [2.24, 2.45) is 12.8 Å². The molecule has 0 bridgehead atoms. The molecule has 5 nitrogen and oxygen atoms in total. The minimum absolute atomic E-state index is 0.0194. The summed E-state index contributed by atoms with van der Waals surface area (Å²) in [5, 5.41) is 3.98. The number of carbonyl (C=O) groups is 1. The van der Waals surface area contributed by atoms with E-state index in [2.05, 4.69) is 5.10 Å². The Kier molecular flexibility index (Phi) is 4.30. The van der Waals surface area contributed by atoms with E-state index in [0.29, 0.717) is 25.3 Å². The monoisotopic (exact) mass is 210 g/mol. The predicted molar refractivity (Wildman–Crippen MR) is 58.5 cm³/mol. The zero-order valence-corrected chi connectivity index (χ0v) is 9.31. The smallest absolute Gasteiger partial charge is 0.272 e. The lowest BCUT2D eigenvalue weighted by atomic mass is 10.3. The van der Waals surface area contributed by atoms with E-state index in [1.54, 1.807) is 28.9 Å². The lowest BCUT2D eigenvalue weighted by Crippen LogP contribution is -2.34. The molecule has 84 valence electrons. The molecule has 15 heavy (non-hydrogen) atoms. The average Bonchev–Trinajstić information content (AvgIpc) is 2.65. The second kappa shape index (κ2) is 5.50. The Morgan fingerprint density at radius 2 is 2.40 bits per heavy atom. The molecule has 1 aromatic heterocycles. The zero-order chi connectivity index (χ0) is 11.3. The van der Waals surface area contributed by atoms with Crippen LogP contribution in [0.5, 0.6) is 0 Å². The van der Waals surface area contributed by atoms with Crippen molar-refractivity contribution in [3.8, 4) is 0 Å². The summed E-state index contributed by atoms with van der Waals surface area (Å²) in [6.45, 7) is 3.97. The van der Waals surface area contributed by atoms with Crippen molar-refractivity contribution in [1.29, 1.82) is 0 Å². The van der Waals surface area contributed by atoms with Gasteiger partial charge in [0.1, 0.15) is 5.69 Å². The molecule has 5 heteroatoms. The third kappa shape index (κ3) is 2.79. The van der Waals surface area contributed by atoms with E-state index in [1.165, 1.54) is 0 Å². The van der Waals surface area contributed by atoms with Gasteiger partial charge in [0.25, 0.3) is 5.91 Å². The highest BCUT2D eigenvalue weighted by molar-refractivity contribution is 5.92. The molecule has 0 aliphatic carbocycles. The van der Waals surface area contributed by atoms with Gasteiger partial charge < -0.3 is 10.6 Å². The maximum atomic E-state index is 12.0. The topological polar surface area (TPSA) is 64.2 Å². The molecule has 0 radical (unpaired) electrons. The predicted octanol–water partition coefficient (Wildman–Crippen LogP) is 0.231. The molecular formula is C10H18N4O. The Hall–Kier alpha value is -1.36. The number of nitrogens with zero attached hydrogens (tertiary/aromatic N) is 3. The molecule has 1 amide bonds. The highest BCUT2D eigenvalue weighted by Crippen LogP contribution is 2.03. The summed E-state index contributed by atoms with van der Waals surface area (Å²) in [5.41, 5.74) is 6.04. The van der Waals surface area contributed by atoms with E-state index >= 15 is 0 Å². The molecule has 1 aromatic rings. The average molecular weight is 210 g/mol. The highest BCUT2D eigenvalue weighted by Gasteiger charge is 2.16. The van der Waals surface area contributed by atoms with Gasteiger partial charge in [-0.1, -0.05) is 0 Å². The number of amides is 1. The summed E-state index contributed by atoms with van der Waals surface area (Å²) in [4.78, 5) is 13.8. The van der Waals surface area contributed by atoms with E-state index in [4.69, 9.17) is 5.73 Å². The van der Waals surface area contributed by atoms with E-state index in [1.807, 2.05) is 6.92 Å². The Labute approximate surface area is 89.9 Å². The van der Waals surface area contributed by atoms with Crippen LogP contribution < -0.4 is 5.73 Å². The number of rotatable bonds is 5. The quantitative estimate of drug-likeness (QED) is 0.756. The minimum Gasteiger partial charge on any atom is -0.338 e. The van der Waals surface area contributed by atoms with Crippen molar-refractivity contribution in [3.05, 3.63) is 18.0 Å². The van der Waals surface area contributed by atoms with Crippen LogP contribution in [0.25, 0.3) is 0 Å². The number of hydrogen-bond acceptors (Lipinski definition) is 3. The minimum atomic E-state index is 0.0194. The van der Waals surface area contributed by atoms with Crippen molar-refractivity contribution in [3.63, 3.8) is 0 Å². The summed E-state index contributed by atoms with van der Waals surface area (Å²) in [7, 11) is 1.77. The normalized spacial score (nSPS) is 10.3. The van der Waals surface area contributed by atoms with Gasteiger partial charge in [-0.05, 0) is 26.0 Å². The van der Waals surface area contributed by atoms with Crippen molar-refractivity contribution in [1.82, 2.24) is 14.7 Å². The molecule has 0 aliphatic rings. The van der Waals surface area contributed by atoms with Crippen LogP contribution in [0.2, 0.25) is 0 Å². The van der Waals surface area contributed by atoms with Crippen molar-refractivity contribution >= 4 is 5.91 Å². The summed E-state index contributed by atoms with van der Waals surface area (Å²) in [6, 6.07) is 1.73. The van der Waals surface area contributed by atoms with Gasteiger partial charge in [-0.25, -0.2) is 0 Å². The number of aromatic nitrogens is 2. The molecule has 0 fully saturated rings. The number of aryl methyl sites for hydroxylation is 1. The van der Waals surface area contributed by atoms with Crippen LogP contribution in [0.1, 0.15) is 23.8 Å². The fourth-order valence-corrected chi connectivity index (χ4v) is 1.43. The number of hydrogen-bond donors (Lipinski definition) is 1. The third-order valence-corrected chi connectivity index (χ3v) is 2.34. The molecule has 1 heterocycles. The van der Waals surface area contributed by atoms with Crippen LogP contribution in [0.3, 0.4) is 0 Å². The largest absolute Gasteiger partial charge is 0.338 e. The highest BCUT2D eigenvalue weighted by atomic mass is 16.2. The van der Waals surface area contributed by atoms with Crippen LogP contribution in [-0.2, 0) is 7.05 Å².